The van der Waals surface area contributed by atoms with E-state index in [2.05, 4.69) is 53.0 Å². The molecule has 0 unspecified atom stereocenters. The smallest absolute Gasteiger partial charge is 0.239 e. The normalized spacial score (nSPS) is 10.6. The van der Waals surface area contributed by atoms with Gasteiger partial charge in [0.15, 0.2) is 5.96 Å². The minimum Gasteiger partial charge on any atom is -0.355 e. The van der Waals surface area contributed by atoms with Gasteiger partial charge in [0.2, 0.25) is 5.91 Å². The Kier molecular flexibility index (Phi) is 10.6. The van der Waals surface area contributed by atoms with Crippen molar-refractivity contribution >= 4 is 35.8 Å². The number of carbonyl (C=O) groups is 1. The van der Waals surface area contributed by atoms with E-state index in [1.165, 1.54) is 16.7 Å². The number of hydrogen-bond acceptors (Lipinski definition) is 2. The summed E-state index contributed by atoms with van der Waals surface area (Å²) in [5.41, 5.74) is 3.73. The van der Waals surface area contributed by atoms with Crippen molar-refractivity contribution in [3.63, 3.8) is 0 Å². The summed E-state index contributed by atoms with van der Waals surface area (Å²) >= 11 is 0. The lowest BCUT2D eigenvalue weighted by Crippen LogP contribution is -2.43. The first-order chi connectivity index (χ1) is 10.1. The van der Waals surface area contributed by atoms with E-state index in [0.717, 1.165) is 6.42 Å². The zero-order valence-corrected chi connectivity index (χ0v) is 16.2. The summed E-state index contributed by atoms with van der Waals surface area (Å²) in [4.78, 5) is 15.6. The van der Waals surface area contributed by atoms with Gasteiger partial charge in [-0.15, -0.1) is 24.0 Å². The molecule has 1 amide bonds. The molecule has 0 aliphatic rings. The molecular weight excluding hydrogens is 391 g/mol. The fourth-order valence-corrected chi connectivity index (χ4v) is 1.93. The quantitative estimate of drug-likeness (QED) is 0.377. The van der Waals surface area contributed by atoms with Gasteiger partial charge in [-0.25, -0.2) is 0 Å². The molecule has 1 aromatic carbocycles. The molecule has 0 spiro atoms. The van der Waals surface area contributed by atoms with E-state index in [9.17, 15) is 4.79 Å². The number of halogens is 1. The predicted octanol–water partition coefficient (Wildman–Crippen LogP) is 2.11. The summed E-state index contributed by atoms with van der Waals surface area (Å²) in [5.74, 6) is 0.605. The van der Waals surface area contributed by atoms with Gasteiger partial charge < -0.3 is 16.0 Å². The number of hydrogen-bond donors (Lipinski definition) is 3. The summed E-state index contributed by atoms with van der Waals surface area (Å²) in [6, 6.07) is 6.36. The first-order valence-corrected chi connectivity index (χ1v) is 7.34. The van der Waals surface area contributed by atoms with Gasteiger partial charge in [-0.1, -0.05) is 30.7 Å². The number of aliphatic imine (C=N–C) groups is 1. The molecule has 0 aromatic heterocycles. The lowest BCUT2D eigenvalue weighted by atomic mass is 10.1. The van der Waals surface area contributed by atoms with Gasteiger partial charge in [-0.05, 0) is 31.4 Å². The van der Waals surface area contributed by atoms with Gasteiger partial charge >= 0.3 is 0 Å². The van der Waals surface area contributed by atoms with Crippen molar-refractivity contribution < 1.29 is 4.79 Å². The highest BCUT2D eigenvalue weighted by molar-refractivity contribution is 14.0. The fraction of sp³-hybridized carbons (Fsp3) is 0.500. The number of carbonyl (C=O) groups excluding carboxylic acids is 1. The van der Waals surface area contributed by atoms with Gasteiger partial charge in [0.1, 0.15) is 0 Å². The number of amides is 1. The van der Waals surface area contributed by atoms with E-state index in [1.54, 1.807) is 7.05 Å². The maximum Gasteiger partial charge on any atom is 0.239 e. The zero-order chi connectivity index (χ0) is 15.7. The van der Waals surface area contributed by atoms with Crippen LogP contribution in [0, 0.1) is 13.8 Å². The van der Waals surface area contributed by atoms with Crippen LogP contribution in [-0.2, 0) is 11.3 Å². The molecule has 22 heavy (non-hydrogen) atoms. The first kappa shape index (κ1) is 20.7. The first-order valence-electron chi connectivity index (χ1n) is 7.34. The number of nitrogens with zero attached hydrogens (tertiary/aromatic N) is 1. The topological polar surface area (TPSA) is 65.5 Å². The predicted molar refractivity (Wildman–Crippen MR) is 103 cm³/mol. The molecule has 0 aliphatic heterocycles. The van der Waals surface area contributed by atoms with E-state index < -0.39 is 0 Å². The molecule has 0 saturated carbocycles. The third-order valence-electron chi connectivity index (χ3n) is 3.16. The summed E-state index contributed by atoms with van der Waals surface area (Å²) in [7, 11) is 1.70. The molecule has 0 heterocycles. The molecule has 1 rings (SSSR count). The Balaban J connectivity index is 0.00000441. The second-order valence-corrected chi connectivity index (χ2v) is 5.06. The van der Waals surface area contributed by atoms with Crippen LogP contribution in [0.3, 0.4) is 0 Å². The summed E-state index contributed by atoms with van der Waals surface area (Å²) in [6.07, 6.45) is 0.936. The molecule has 0 saturated heterocycles. The third-order valence-corrected chi connectivity index (χ3v) is 3.16. The minimum absolute atomic E-state index is 0. The average molecular weight is 418 g/mol. The van der Waals surface area contributed by atoms with Gasteiger partial charge in [-0.3, -0.25) is 9.79 Å². The van der Waals surface area contributed by atoms with E-state index in [-0.39, 0.29) is 36.4 Å². The van der Waals surface area contributed by atoms with Crippen molar-refractivity contribution in [1.29, 1.82) is 0 Å². The molecule has 5 nitrogen and oxygen atoms in total. The molecule has 0 radical (unpaired) electrons. The van der Waals surface area contributed by atoms with Crippen LogP contribution in [0.1, 0.15) is 30.0 Å². The standard InChI is InChI=1S/C16H26N4O.HI/c1-5-8-18-15(21)11-20-16(17-4)19-10-14-7-6-12(2)9-13(14)3;/h6-7,9H,5,8,10-11H2,1-4H3,(H,18,21)(H2,17,19,20);1H. The third kappa shape index (κ3) is 7.63. The van der Waals surface area contributed by atoms with E-state index in [4.69, 9.17) is 0 Å². The average Bonchev–Trinajstić information content (AvgIpc) is 2.47. The van der Waals surface area contributed by atoms with Gasteiger partial charge in [0, 0.05) is 20.1 Å². The molecule has 3 N–H and O–H groups in total. The van der Waals surface area contributed by atoms with Crippen molar-refractivity contribution in [3.05, 3.63) is 34.9 Å². The zero-order valence-electron chi connectivity index (χ0n) is 13.8. The number of rotatable bonds is 6. The molecule has 124 valence electrons. The van der Waals surface area contributed by atoms with E-state index in [0.29, 0.717) is 19.0 Å². The molecule has 0 bridgehead atoms. The van der Waals surface area contributed by atoms with Crippen molar-refractivity contribution in [2.45, 2.75) is 33.7 Å². The second kappa shape index (κ2) is 11.3. The summed E-state index contributed by atoms with van der Waals surface area (Å²) in [5, 5.41) is 9.04. The highest BCUT2D eigenvalue weighted by atomic mass is 127. The van der Waals surface area contributed by atoms with Crippen LogP contribution in [0.5, 0.6) is 0 Å². The fourth-order valence-electron chi connectivity index (χ4n) is 1.93. The monoisotopic (exact) mass is 418 g/mol. The number of nitrogens with one attached hydrogen (secondary N) is 3. The Hall–Kier alpha value is -1.31. The molecule has 0 fully saturated rings. The van der Waals surface area contributed by atoms with Crippen LogP contribution in [0.15, 0.2) is 23.2 Å². The lowest BCUT2D eigenvalue weighted by Gasteiger charge is -2.13. The van der Waals surface area contributed by atoms with Crippen molar-refractivity contribution in [1.82, 2.24) is 16.0 Å². The molecular formula is C16H27IN4O. The van der Waals surface area contributed by atoms with E-state index >= 15 is 0 Å². The molecule has 0 aliphatic carbocycles. The molecule has 1 aromatic rings. The maximum absolute atomic E-state index is 11.5. The lowest BCUT2D eigenvalue weighted by molar-refractivity contribution is -0.120. The maximum atomic E-state index is 11.5. The Morgan fingerprint density at radius 3 is 2.50 bits per heavy atom. The van der Waals surface area contributed by atoms with Crippen LogP contribution in [0.4, 0.5) is 0 Å². The van der Waals surface area contributed by atoms with Crippen LogP contribution in [0.2, 0.25) is 0 Å². The van der Waals surface area contributed by atoms with Crippen molar-refractivity contribution in [2.24, 2.45) is 4.99 Å². The van der Waals surface area contributed by atoms with Gasteiger partial charge in [0.05, 0.1) is 6.54 Å². The highest BCUT2D eigenvalue weighted by Gasteiger charge is 2.04. The Bertz CT molecular complexity index is 503. The van der Waals surface area contributed by atoms with Crippen LogP contribution in [0.25, 0.3) is 0 Å². The Morgan fingerprint density at radius 1 is 1.18 bits per heavy atom. The van der Waals surface area contributed by atoms with E-state index in [1.807, 2.05) is 6.92 Å². The summed E-state index contributed by atoms with van der Waals surface area (Å²) < 4.78 is 0. The summed E-state index contributed by atoms with van der Waals surface area (Å²) in [6.45, 7) is 7.82. The molecule has 6 heteroatoms. The largest absolute Gasteiger partial charge is 0.355 e. The second-order valence-electron chi connectivity index (χ2n) is 5.06. The highest BCUT2D eigenvalue weighted by Crippen LogP contribution is 2.09. The minimum atomic E-state index is -0.0219. The van der Waals surface area contributed by atoms with Gasteiger partial charge in [0.25, 0.3) is 0 Å². The SMILES string of the molecule is CCCNC(=O)CNC(=NC)NCc1ccc(C)cc1C.I. The number of benzene rings is 1. The van der Waals surface area contributed by atoms with Crippen LogP contribution >= 0.6 is 24.0 Å². The van der Waals surface area contributed by atoms with Crippen molar-refractivity contribution in [2.75, 3.05) is 20.1 Å². The number of guanidine groups is 1. The van der Waals surface area contributed by atoms with Crippen LogP contribution < -0.4 is 16.0 Å². The van der Waals surface area contributed by atoms with Crippen LogP contribution in [-0.4, -0.2) is 32.0 Å². The van der Waals surface area contributed by atoms with Crippen molar-refractivity contribution in [3.8, 4) is 0 Å². The Morgan fingerprint density at radius 2 is 1.91 bits per heavy atom. The number of aryl methyl sites for hydroxylation is 2. The van der Waals surface area contributed by atoms with Gasteiger partial charge in [-0.2, -0.15) is 0 Å². The molecule has 0 atom stereocenters. The Labute approximate surface area is 150 Å².